The van der Waals surface area contributed by atoms with Crippen molar-refractivity contribution in [1.29, 1.82) is 0 Å². The minimum atomic E-state index is -1.40. The van der Waals surface area contributed by atoms with Crippen LogP contribution in [-0.4, -0.2) is 105 Å². The number of rotatable bonds is 10. The lowest BCUT2D eigenvalue weighted by Gasteiger charge is -2.44. The van der Waals surface area contributed by atoms with Crippen LogP contribution >= 0.6 is 23.4 Å². The van der Waals surface area contributed by atoms with Gasteiger partial charge in [0.2, 0.25) is 11.8 Å². The van der Waals surface area contributed by atoms with Crippen LogP contribution in [0.4, 0.5) is 0 Å². The fourth-order valence-corrected chi connectivity index (χ4v) is 5.66. The van der Waals surface area contributed by atoms with Gasteiger partial charge in [0, 0.05) is 19.5 Å². The van der Waals surface area contributed by atoms with Gasteiger partial charge in [-0.25, -0.2) is 0 Å². The highest BCUT2D eigenvalue weighted by atomic mass is 35.5. The molecule has 0 bridgehead atoms. The molecule has 0 aromatic carbocycles. The Morgan fingerprint density at radius 3 is 2.41 bits per heavy atom. The maximum Gasteiger partial charge on any atom is 0.237 e. The summed E-state index contributed by atoms with van der Waals surface area (Å²) in [5.74, 6) is 0.307. The molecule has 0 spiro atoms. The van der Waals surface area contributed by atoms with Crippen molar-refractivity contribution in [1.82, 2.24) is 15.5 Å². The molecule has 3 unspecified atom stereocenters. The van der Waals surface area contributed by atoms with Gasteiger partial charge in [0.1, 0.15) is 29.9 Å². The van der Waals surface area contributed by atoms with Gasteiger partial charge in [0.05, 0.1) is 17.5 Å². The highest BCUT2D eigenvalue weighted by molar-refractivity contribution is 7.99. The van der Waals surface area contributed by atoms with Crippen molar-refractivity contribution >= 4 is 35.2 Å². The lowest BCUT2D eigenvalue weighted by Crippen LogP contribution is -2.65. The number of aliphatic hydroxyl groups is 3. The van der Waals surface area contributed by atoms with Crippen LogP contribution in [0.5, 0.6) is 0 Å². The average Bonchev–Trinajstić information content (AvgIpc) is 3.06. The van der Waals surface area contributed by atoms with Crippen LogP contribution in [0.15, 0.2) is 0 Å². The monoisotopic (exact) mass is 523 g/mol. The molecule has 2 amide bonds. The number of thioether (sulfide) groups is 1. The van der Waals surface area contributed by atoms with E-state index in [1.54, 1.807) is 13.2 Å². The third-order valence-corrected chi connectivity index (χ3v) is 8.13. The van der Waals surface area contributed by atoms with E-state index in [9.17, 15) is 24.9 Å². The number of carbonyl (C=O) groups excluding carboxylic acids is 2. The van der Waals surface area contributed by atoms with Gasteiger partial charge >= 0.3 is 0 Å². The number of carbonyl (C=O) groups is 2. The first-order chi connectivity index (χ1) is 16.1. The summed E-state index contributed by atoms with van der Waals surface area (Å²) in [5.41, 5.74) is -0.742. The smallest absolute Gasteiger partial charge is 0.237 e. The van der Waals surface area contributed by atoms with Gasteiger partial charge in [-0.2, -0.15) is 0 Å². The Hall–Kier alpha value is -0.620. The third kappa shape index (κ3) is 7.69. The second-order valence-electron chi connectivity index (χ2n) is 9.23. The number of hydrogen-bond donors (Lipinski definition) is 5. The van der Waals surface area contributed by atoms with E-state index in [2.05, 4.69) is 10.6 Å². The standard InChI is InChI=1S/C23H42ClN3O6S/c1-5-27(6-2)16(28)10-8-14-7-9-15(25-12-11-14)22(32)26-17(13(3)24)21-19(30)18(29)20(31)23(33-21)34-4/h13-15,17-21,23,25,29-31H,5-12H2,1-4H3,(H,26,32)/t13-,14+,15-,17+,18?,19?,20+,21+,23?/m0/s1. The third-order valence-electron chi connectivity index (χ3n) is 7.00. The van der Waals surface area contributed by atoms with E-state index in [0.717, 1.165) is 32.4 Å². The molecule has 2 aliphatic heterocycles. The van der Waals surface area contributed by atoms with E-state index < -0.39 is 47.3 Å². The zero-order valence-corrected chi connectivity index (χ0v) is 22.2. The first kappa shape index (κ1) is 29.6. The molecule has 2 fully saturated rings. The van der Waals surface area contributed by atoms with Crippen molar-refractivity contribution in [3.05, 3.63) is 0 Å². The van der Waals surface area contributed by atoms with Crippen molar-refractivity contribution in [2.75, 3.05) is 25.9 Å². The number of aliphatic hydroxyl groups excluding tert-OH is 3. The molecule has 5 N–H and O–H groups in total. The Balaban J connectivity index is 1.95. The summed E-state index contributed by atoms with van der Waals surface area (Å²) in [7, 11) is 0. The van der Waals surface area contributed by atoms with Crippen molar-refractivity contribution in [3.8, 4) is 0 Å². The Morgan fingerprint density at radius 1 is 1.15 bits per heavy atom. The van der Waals surface area contributed by atoms with Crippen LogP contribution in [-0.2, 0) is 14.3 Å². The Morgan fingerprint density at radius 2 is 1.82 bits per heavy atom. The van der Waals surface area contributed by atoms with Gasteiger partial charge < -0.3 is 35.6 Å². The largest absolute Gasteiger partial charge is 0.388 e. The van der Waals surface area contributed by atoms with Gasteiger partial charge in [-0.3, -0.25) is 9.59 Å². The topological polar surface area (TPSA) is 131 Å². The zero-order chi connectivity index (χ0) is 25.4. The van der Waals surface area contributed by atoms with Crippen molar-refractivity contribution in [2.24, 2.45) is 5.92 Å². The zero-order valence-electron chi connectivity index (χ0n) is 20.7. The SMILES string of the molecule is CCN(CC)C(=O)CC[C@@H]1CCN[C@H](C(=O)N[C@H]([C@H](C)Cl)[C@H]2OC(SC)[C@H](O)C(O)C2O)CC1. The minimum absolute atomic E-state index is 0.178. The van der Waals surface area contributed by atoms with Crippen molar-refractivity contribution < 1.29 is 29.6 Å². The number of alkyl halides is 1. The molecule has 2 saturated heterocycles. The molecule has 0 aliphatic carbocycles. The van der Waals surface area contributed by atoms with Crippen LogP contribution in [0.2, 0.25) is 0 Å². The van der Waals surface area contributed by atoms with Gasteiger partial charge in [-0.15, -0.1) is 23.4 Å². The first-order valence-electron chi connectivity index (χ1n) is 12.3. The molecule has 0 aromatic rings. The number of nitrogens with one attached hydrogen (secondary N) is 2. The molecule has 0 saturated carbocycles. The summed E-state index contributed by atoms with van der Waals surface area (Å²) in [6.07, 6.45) is 0.433. The van der Waals surface area contributed by atoms with Crippen molar-refractivity contribution in [3.63, 3.8) is 0 Å². The maximum atomic E-state index is 13.1. The van der Waals surface area contributed by atoms with E-state index in [-0.39, 0.29) is 11.8 Å². The van der Waals surface area contributed by atoms with Crippen LogP contribution in [0, 0.1) is 5.92 Å². The normalized spacial score (nSPS) is 34.1. The molecule has 9 nitrogen and oxygen atoms in total. The van der Waals surface area contributed by atoms with Crippen LogP contribution < -0.4 is 10.6 Å². The molecule has 9 atom stereocenters. The quantitative estimate of drug-likeness (QED) is 0.264. The first-order valence-corrected chi connectivity index (χ1v) is 14.0. The predicted octanol–water partition coefficient (Wildman–Crippen LogP) is 0.676. The summed E-state index contributed by atoms with van der Waals surface area (Å²) >= 11 is 7.58. The average molecular weight is 524 g/mol. The van der Waals surface area contributed by atoms with E-state index in [1.165, 1.54) is 11.8 Å². The predicted molar refractivity (Wildman–Crippen MR) is 134 cm³/mol. The second-order valence-corrected chi connectivity index (χ2v) is 10.9. The van der Waals surface area contributed by atoms with Gasteiger partial charge in [-0.05, 0) is 65.2 Å². The Kier molecular flexibility index (Phi) is 12.4. The minimum Gasteiger partial charge on any atom is -0.388 e. The van der Waals surface area contributed by atoms with E-state index in [1.807, 2.05) is 18.7 Å². The van der Waals surface area contributed by atoms with E-state index >= 15 is 0 Å². The number of hydrogen-bond acceptors (Lipinski definition) is 8. The maximum absolute atomic E-state index is 13.1. The Bertz CT molecular complexity index is 654. The van der Waals surface area contributed by atoms with Crippen LogP contribution in [0.25, 0.3) is 0 Å². The van der Waals surface area contributed by atoms with Crippen molar-refractivity contribution in [2.45, 2.75) is 100 Å². The summed E-state index contributed by atoms with van der Waals surface area (Å²) in [6, 6.07) is -1.18. The molecular weight excluding hydrogens is 482 g/mol. The molecule has 2 rings (SSSR count). The van der Waals surface area contributed by atoms with Gasteiger partial charge in [-0.1, -0.05) is 0 Å². The van der Waals surface area contributed by atoms with E-state index in [0.29, 0.717) is 25.3 Å². The lowest BCUT2D eigenvalue weighted by molar-refractivity contribution is -0.205. The molecule has 198 valence electrons. The summed E-state index contributed by atoms with van der Waals surface area (Å²) in [6.45, 7) is 7.77. The lowest BCUT2D eigenvalue weighted by atomic mass is 9.92. The van der Waals surface area contributed by atoms with E-state index in [4.69, 9.17) is 16.3 Å². The van der Waals surface area contributed by atoms with Gasteiger partial charge in [0.25, 0.3) is 0 Å². The summed E-state index contributed by atoms with van der Waals surface area (Å²) in [5, 5.41) is 36.5. The summed E-state index contributed by atoms with van der Waals surface area (Å²) < 4.78 is 5.82. The molecule has 11 heteroatoms. The summed E-state index contributed by atoms with van der Waals surface area (Å²) in [4.78, 5) is 27.3. The highest BCUT2D eigenvalue weighted by Gasteiger charge is 2.48. The molecule has 0 aromatic heterocycles. The number of amides is 2. The van der Waals surface area contributed by atoms with Gasteiger partial charge in [0.15, 0.2) is 0 Å². The number of halogens is 1. The molecule has 34 heavy (non-hydrogen) atoms. The fourth-order valence-electron chi connectivity index (χ4n) is 4.77. The fraction of sp³-hybridized carbons (Fsp3) is 0.913. The number of nitrogens with zero attached hydrogens (tertiary/aromatic N) is 1. The highest BCUT2D eigenvalue weighted by Crippen LogP contribution is 2.30. The second kappa shape index (κ2) is 14.2. The number of ether oxygens (including phenoxy) is 1. The molecular formula is C23H42ClN3O6S. The Labute approximate surface area is 212 Å². The molecule has 0 radical (unpaired) electrons. The van der Waals surface area contributed by atoms with Crippen LogP contribution in [0.3, 0.4) is 0 Å². The molecule has 2 aliphatic rings. The molecule has 2 heterocycles. The van der Waals surface area contributed by atoms with Crippen LogP contribution in [0.1, 0.15) is 52.9 Å².